The van der Waals surface area contributed by atoms with Crippen LogP contribution >= 0.6 is 0 Å². The van der Waals surface area contributed by atoms with Crippen LogP contribution in [-0.2, 0) is 24.2 Å². The molecule has 0 saturated carbocycles. The van der Waals surface area contributed by atoms with Crippen LogP contribution in [0.4, 0.5) is 10.1 Å². The van der Waals surface area contributed by atoms with Gasteiger partial charge in [0.15, 0.2) is 0 Å². The minimum Gasteiger partial charge on any atom is -0.365 e. The molecule has 4 heteroatoms. The number of nitrogens with one attached hydrogen (secondary N) is 1. The minimum absolute atomic E-state index is 0.0259. The van der Waals surface area contributed by atoms with Crippen molar-refractivity contribution in [3.05, 3.63) is 126 Å². The Morgan fingerprint density at radius 2 is 1.46 bits per heavy atom. The lowest BCUT2D eigenvalue weighted by Gasteiger charge is -2.37. The van der Waals surface area contributed by atoms with Gasteiger partial charge in [0.25, 0.3) is 0 Å². The van der Waals surface area contributed by atoms with E-state index in [0.717, 1.165) is 37.1 Å². The van der Waals surface area contributed by atoms with Gasteiger partial charge in [0.1, 0.15) is 5.82 Å². The maximum Gasteiger partial charge on any atom is 0.220 e. The maximum absolute atomic E-state index is 13.4. The first-order valence-corrected chi connectivity index (χ1v) is 12.5. The van der Waals surface area contributed by atoms with E-state index in [1.165, 1.54) is 34.5 Å². The summed E-state index contributed by atoms with van der Waals surface area (Å²) in [6, 6.07) is 33.6. The van der Waals surface area contributed by atoms with Crippen molar-refractivity contribution in [1.82, 2.24) is 5.32 Å². The molecule has 5 rings (SSSR count). The highest BCUT2D eigenvalue weighted by Gasteiger charge is 2.26. The SMILES string of the molecule is C#C.O=C(CCc1ccccc1)NC1Cc2cc(-c3ccc(F)cc3)ccc2N(Cc2ccccc2)C1. The average Bonchev–Trinajstić information content (AvgIpc) is 2.94. The summed E-state index contributed by atoms with van der Waals surface area (Å²) in [5.74, 6) is -0.157. The number of terminal acetylenes is 1. The molecule has 4 aromatic carbocycles. The lowest BCUT2D eigenvalue weighted by Crippen LogP contribution is -2.48. The number of halogens is 1. The number of benzene rings is 4. The quantitative estimate of drug-likeness (QED) is 0.303. The molecule has 0 fully saturated rings. The molecule has 186 valence electrons. The fraction of sp³-hybridized carbons (Fsp3) is 0.182. The number of anilines is 1. The van der Waals surface area contributed by atoms with Gasteiger partial charge >= 0.3 is 0 Å². The molecule has 1 aliphatic heterocycles. The van der Waals surface area contributed by atoms with E-state index in [0.29, 0.717) is 6.42 Å². The zero-order valence-corrected chi connectivity index (χ0v) is 20.8. The zero-order chi connectivity index (χ0) is 26.0. The van der Waals surface area contributed by atoms with Crippen molar-refractivity contribution in [2.75, 3.05) is 11.4 Å². The largest absolute Gasteiger partial charge is 0.365 e. The highest BCUT2D eigenvalue weighted by Crippen LogP contribution is 2.33. The second kappa shape index (κ2) is 12.6. The summed E-state index contributed by atoms with van der Waals surface area (Å²) in [6.07, 6.45) is 9.98. The van der Waals surface area contributed by atoms with Crippen LogP contribution in [0.15, 0.2) is 103 Å². The predicted octanol–water partition coefficient (Wildman–Crippen LogP) is 6.42. The van der Waals surface area contributed by atoms with Crippen LogP contribution in [0.25, 0.3) is 11.1 Å². The van der Waals surface area contributed by atoms with Crippen molar-refractivity contribution in [3.63, 3.8) is 0 Å². The number of amides is 1. The van der Waals surface area contributed by atoms with Crippen molar-refractivity contribution in [3.8, 4) is 24.0 Å². The molecule has 0 saturated heterocycles. The van der Waals surface area contributed by atoms with E-state index in [2.05, 4.69) is 77.7 Å². The number of fused-ring (bicyclic) bond motifs is 1. The van der Waals surface area contributed by atoms with Crippen molar-refractivity contribution < 1.29 is 9.18 Å². The lowest BCUT2D eigenvalue weighted by molar-refractivity contribution is -0.121. The highest BCUT2D eigenvalue weighted by molar-refractivity contribution is 5.77. The normalized spacial score (nSPS) is 14.1. The van der Waals surface area contributed by atoms with Crippen molar-refractivity contribution in [2.24, 2.45) is 0 Å². The molecule has 37 heavy (non-hydrogen) atoms. The third kappa shape index (κ3) is 6.86. The van der Waals surface area contributed by atoms with Gasteiger partial charge < -0.3 is 10.2 Å². The zero-order valence-electron chi connectivity index (χ0n) is 20.8. The van der Waals surface area contributed by atoms with Gasteiger partial charge in [0.2, 0.25) is 5.91 Å². The van der Waals surface area contributed by atoms with E-state index in [1.54, 1.807) is 0 Å². The monoisotopic (exact) mass is 490 g/mol. The molecule has 1 aliphatic rings. The molecule has 1 heterocycles. The third-order valence-corrected chi connectivity index (χ3v) is 6.57. The van der Waals surface area contributed by atoms with Crippen LogP contribution in [-0.4, -0.2) is 18.5 Å². The van der Waals surface area contributed by atoms with Gasteiger partial charge in [-0.05, 0) is 64.9 Å². The number of hydrogen-bond acceptors (Lipinski definition) is 2. The van der Waals surface area contributed by atoms with Gasteiger partial charge in [0.05, 0.1) is 6.04 Å². The molecule has 3 nitrogen and oxygen atoms in total. The molecule has 1 amide bonds. The fourth-order valence-electron chi connectivity index (χ4n) is 4.83. The summed E-state index contributed by atoms with van der Waals surface area (Å²) in [5, 5.41) is 3.28. The number of carbonyl (C=O) groups excluding carboxylic acids is 1. The molecule has 1 atom stereocenters. The Balaban J connectivity index is 0.00000156. The smallest absolute Gasteiger partial charge is 0.220 e. The van der Waals surface area contributed by atoms with E-state index >= 15 is 0 Å². The Kier molecular flexibility index (Phi) is 8.73. The van der Waals surface area contributed by atoms with E-state index in [-0.39, 0.29) is 17.8 Å². The lowest BCUT2D eigenvalue weighted by atomic mass is 9.93. The first-order chi connectivity index (χ1) is 18.1. The summed E-state index contributed by atoms with van der Waals surface area (Å²) in [7, 11) is 0. The van der Waals surface area contributed by atoms with Crippen LogP contribution < -0.4 is 10.2 Å². The molecule has 1 unspecified atom stereocenters. The Bertz CT molecular complexity index is 1320. The molecule has 4 aromatic rings. The number of aryl methyl sites for hydroxylation is 1. The Labute approximate surface area is 219 Å². The van der Waals surface area contributed by atoms with Crippen LogP contribution in [0.5, 0.6) is 0 Å². The average molecular weight is 491 g/mol. The summed E-state index contributed by atoms with van der Waals surface area (Å²) in [6.45, 7) is 1.54. The van der Waals surface area contributed by atoms with E-state index in [1.807, 2.05) is 36.4 Å². The van der Waals surface area contributed by atoms with Crippen LogP contribution in [0.1, 0.15) is 23.1 Å². The summed E-state index contributed by atoms with van der Waals surface area (Å²) in [4.78, 5) is 15.2. The predicted molar refractivity (Wildman–Crippen MR) is 150 cm³/mol. The van der Waals surface area contributed by atoms with Crippen molar-refractivity contribution in [1.29, 1.82) is 0 Å². The Morgan fingerprint density at radius 1 is 0.838 bits per heavy atom. The van der Waals surface area contributed by atoms with Crippen molar-refractivity contribution >= 4 is 11.6 Å². The summed E-state index contributed by atoms with van der Waals surface area (Å²) >= 11 is 0. The molecular formula is C33H31FN2O. The second-order valence-corrected chi connectivity index (χ2v) is 9.17. The van der Waals surface area contributed by atoms with Crippen molar-refractivity contribution in [2.45, 2.75) is 31.8 Å². The standard InChI is InChI=1S/C31H29FN2O.C2H2/c32-28-15-12-25(13-16-28)26-14-17-30-27(19-26)20-29(22-34(30)21-24-9-5-2-6-10-24)33-31(35)18-11-23-7-3-1-4-8-23;1-2/h1-10,12-17,19,29H,11,18,20-22H2,(H,33,35);1-2H. The van der Waals surface area contributed by atoms with Gasteiger partial charge in [-0.25, -0.2) is 4.39 Å². The van der Waals surface area contributed by atoms with E-state index < -0.39 is 0 Å². The third-order valence-electron chi connectivity index (χ3n) is 6.57. The summed E-state index contributed by atoms with van der Waals surface area (Å²) in [5.41, 5.74) is 6.83. The number of nitrogens with zero attached hydrogens (tertiary/aromatic N) is 1. The molecule has 0 bridgehead atoms. The summed E-state index contributed by atoms with van der Waals surface area (Å²) < 4.78 is 13.4. The van der Waals surface area contributed by atoms with E-state index in [4.69, 9.17) is 0 Å². The molecule has 0 aliphatic carbocycles. The van der Waals surface area contributed by atoms with Crippen LogP contribution in [0.3, 0.4) is 0 Å². The molecule has 1 N–H and O–H groups in total. The van der Waals surface area contributed by atoms with Gasteiger partial charge in [-0.15, -0.1) is 12.8 Å². The van der Waals surface area contributed by atoms with Gasteiger partial charge in [-0.3, -0.25) is 4.79 Å². The first-order valence-electron chi connectivity index (χ1n) is 12.5. The molecule has 0 spiro atoms. The van der Waals surface area contributed by atoms with E-state index in [9.17, 15) is 9.18 Å². The van der Waals surface area contributed by atoms with Gasteiger partial charge in [0, 0.05) is 25.2 Å². The van der Waals surface area contributed by atoms with Crippen LogP contribution in [0.2, 0.25) is 0 Å². The molecule has 0 radical (unpaired) electrons. The van der Waals surface area contributed by atoms with Gasteiger partial charge in [-0.2, -0.15) is 0 Å². The number of carbonyl (C=O) groups is 1. The van der Waals surface area contributed by atoms with Crippen LogP contribution in [0, 0.1) is 18.7 Å². The maximum atomic E-state index is 13.4. The number of hydrogen-bond donors (Lipinski definition) is 1. The molecular weight excluding hydrogens is 459 g/mol. The second-order valence-electron chi connectivity index (χ2n) is 9.17. The minimum atomic E-state index is -0.237. The Hall–Kier alpha value is -4.36. The number of rotatable bonds is 7. The topological polar surface area (TPSA) is 32.3 Å². The molecule has 0 aromatic heterocycles. The fourth-order valence-corrected chi connectivity index (χ4v) is 4.83. The first kappa shape index (κ1) is 25.7. The highest BCUT2D eigenvalue weighted by atomic mass is 19.1. The van der Waals surface area contributed by atoms with Gasteiger partial charge in [-0.1, -0.05) is 78.9 Å². The Morgan fingerprint density at radius 3 is 2.14 bits per heavy atom.